The first-order chi connectivity index (χ1) is 6.43. The van der Waals surface area contributed by atoms with Crippen LogP contribution in [0, 0.1) is 0 Å². The number of aliphatic hydroxyl groups is 1. The Morgan fingerprint density at radius 1 is 1.54 bits per heavy atom. The summed E-state index contributed by atoms with van der Waals surface area (Å²) in [5.41, 5.74) is 0. The van der Waals surface area contributed by atoms with Crippen molar-refractivity contribution in [2.24, 2.45) is 0 Å². The van der Waals surface area contributed by atoms with E-state index in [1.54, 1.807) is 0 Å². The third kappa shape index (κ3) is 6.56. The molecule has 0 unspecified atom stereocenters. The van der Waals surface area contributed by atoms with Crippen molar-refractivity contribution in [1.29, 1.82) is 0 Å². The summed E-state index contributed by atoms with van der Waals surface area (Å²) in [5, 5.41) is 7.00. The van der Waals surface area contributed by atoms with Crippen molar-refractivity contribution in [3.05, 3.63) is 24.0 Å². The fourth-order valence-electron chi connectivity index (χ4n) is 0.788. The average Bonchev–Trinajstić information content (AvgIpc) is 2.46. The molecule has 0 amide bonds. The Labute approximate surface area is 81.7 Å². The van der Waals surface area contributed by atoms with Crippen LogP contribution in [-0.2, 0) is 4.74 Å². The summed E-state index contributed by atoms with van der Waals surface area (Å²) in [6.45, 7) is 2.93. The van der Waals surface area contributed by atoms with Gasteiger partial charge in [0.05, 0.1) is 6.61 Å². The summed E-state index contributed by atoms with van der Waals surface area (Å²) >= 11 is 0. The van der Waals surface area contributed by atoms with Gasteiger partial charge in [-0.1, -0.05) is 13.0 Å². The zero-order chi connectivity index (χ0) is 9.94. The minimum absolute atomic E-state index is 0.820. The van der Waals surface area contributed by atoms with E-state index in [0.717, 1.165) is 32.1 Å². The second-order valence-corrected chi connectivity index (χ2v) is 3.36. The van der Waals surface area contributed by atoms with Gasteiger partial charge in [0.25, 0.3) is 0 Å². The van der Waals surface area contributed by atoms with Gasteiger partial charge in [0.1, 0.15) is 5.76 Å². The first-order valence-electron chi connectivity index (χ1n) is 4.37. The van der Waals surface area contributed by atoms with Crippen LogP contribution in [0.15, 0.2) is 24.0 Å². The lowest BCUT2D eigenvalue weighted by Gasteiger charge is -2.02. The van der Waals surface area contributed by atoms with Crippen LogP contribution in [0.25, 0.3) is 0 Å². The SMILES string of the molecule is CCCOC1=CC=PCC=C1.CO. The van der Waals surface area contributed by atoms with Gasteiger partial charge in [-0.2, -0.15) is 0 Å². The second kappa shape index (κ2) is 9.50. The van der Waals surface area contributed by atoms with Gasteiger partial charge < -0.3 is 9.84 Å². The molecule has 1 aliphatic heterocycles. The molecule has 0 radical (unpaired) electrons. The second-order valence-electron chi connectivity index (χ2n) is 2.33. The number of hydrogen-bond donors (Lipinski definition) is 1. The molecule has 0 aromatic heterocycles. The number of hydrogen-bond acceptors (Lipinski definition) is 2. The monoisotopic (exact) mass is 200 g/mol. The van der Waals surface area contributed by atoms with Gasteiger partial charge in [-0.15, -0.1) is 8.20 Å². The Hall–Kier alpha value is -0.590. The molecular weight excluding hydrogens is 183 g/mol. The van der Waals surface area contributed by atoms with Crippen LogP contribution in [0.2, 0.25) is 0 Å². The van der Waals surface area contributed by atoms with Gasteiger partial charge in [-0.25, -0.2) is 0 Å². The lowest BCUT2D eigenvalue weighted by Crippen LogP contribution is -1.90. The zero-order valence-corrected chi connectivity index (χ0v) is 9.13. The third-order valence-corrected chi connectivity index (χ3v) is 2.09. The maximum atomic E-state index is 7.00. The summed E-state index contributed by atoms with van der Waals surface area (Å²) < 4.78 is 5.45. The van der Waals surface area contributed by atoms with Crippen LogP contribution >= 0.6 is 8.20 Å². The predicted octanol–water partition coefficient (Wildman–Crippen LogP) is 2.22. The molecule has 1 N–H and O–H groups in total. The molecular formula is C10H17O2P. The van der Waals surface area contributed by atoms with Crippen LogP contribution in [-0.4, -0.2) is 30.8 Å². The maximum absolute atomic E-state index is 7.00. The Balaban J connectivity index is 0.000000671. The predicted molar refractivity (Wildman–Crippen MR) is 59.5 cm³/mol. The first kappa shape index (κ1) is 12.4. The highest BCUT2D eigenvalue weighted by atomic mass is 31.1. The summed E-state index contributed by atoms with van der Waals surface area (Å²) in [6.07, 6.45) is 8.41. The van der Waals surface area contributed by atoms with Crippen LogP contribution in [0.1, 0.15) is 13.3 Å². The molecule has 0 saturated carbocycles. The van der Waals surface area contributed by atoms with E-state index in [9.17, 15) is 0 Å². The molecule has 1 rings (SSSR count). The fraction of sp³-hybridized carbons (Fsp3) is 0.500. The van der Waals surface area contributed by atoms with Crippen LogP contribution in [0.3, 0.4) is 0 Å². The molecule has 0 spiro atoms. The molecule has 0 aromatic carbocycles. The van der Waals surface area contributed by atoms with Crippen LogP contribution in [0.4, 0.5) is 0 Å². The van der Waals surface area contributed by atoms with Crippen molar-refractivity contribution in [1.82, 2.24) is 0 Å². The number of ether oxygens (including phenoxy) is 1. The molecule has 0 bridgehead atoms. The highest BCUT2D eigenvalue weighted by Gasteiger charge is 1.91. The summed E-state index contributed by atoms with van der Waals surface area (Å²) in [4.78, 5) is 0. The van der Waals surface area contributed by atoms with E-state index in [1.165, 1.54) is 8.20 Å². The molecule has 1 heterocycles. The molecule has 3 heteroatoms. The molecule has 13 heavy (non-hydrogen) atoms. The van der Waals surface area contributed by atoms with Gasteiger partial charge in [-0.3, -0.25) is 0 Å². The van der Waals surface area contributed by atoms with Crippen molar-refractivity contribution in [3.8, 4) is 0 Å². The van der Waals surface area contributed by atoms with Gasteiger partial charge >= 0.3 is 0 Å². The average molecular weight is 200 g/mol. The van der Waals surface area contributed by atoms with Crippen molar-refractivity contribution in [3.63, 3.8) is 0 Å². The van der Waals surface area contributed by atoms with Crippen molar-refractivity contribution >= 4 is 14.0 Å². The smallest absolute Gasteiger partial charge is 0.119 e. The largest absolute Gasteiger partial charge is 0.494 e. The zero-order valence-electron chi connectivity index (χ0n) is 8.23. The quantitative estimate of drug-likeness (QED) is 0.708. The van der Waals surface area contributed by atoms with E-state index < -0.39 is 0 Å². The number of allylic oxidation sites excluding steroid dienone is 3. The standard InChI is InChI=1S/C9H13OP.CH4O/c1-2-6-10-9-4-3-7-11-8-5-9;1-2/h3-5,8H,2,6-7H2,1H3;2H,1H3. The molecule has 2 nitrogen and oxygen atoms in total. The summed E-state index contributed by atoms with van der Waals surface area (Å²) in [7, 11) is 2.35. The van der Waals surface area contributed by atoms with Gasteiger partial charge in [0.2, 0.25) is 0 Å². The molecule has 0 atom stereocenters. The van der Waals surface area contributed by atoms with E-state index in [2.05, 4.69) is 18.8 Å². The van der Waals surface area contributed by atoms with Crippen molar-refractivity contribution < 1.29 is 9.84 Å². The fourth-order valence-corrected chi connectivity index (χ4v) is 1.39. The number of rotatable bonds is 3. The Kier molecular flexibility index (Phi) is 9.07. The molecule has 0 saturated heterocycles. The third-order valence-electron chi connectivity index (χ3n) is 1.31. The van der Waals surface area contributed by atoms with Gasteiger partial charge in [0.15, 0.2) is 0 Å². The molecule has 0 fully saturated rings. The lowest BCUT2D eigenvalue weighted by molar-refractivity contribution is 0.225. The van der Waals surface area contributed by atoms with Crippen molar-refractivity contribution in [2.75, 3.05) is 19.9 Å². The Morgan fingerprint density at radius 3 is 3.00 bits per heavy atom. The molecule has 1 aliphatic rings. The van der Waals surface area contributed by atoms with E-state index in [1.807, 2.05) is 12.2 Å². The van der Waals surface area contributed by atoms with E-state index >= 15 is 0 Å². The minimum atomic E-state index is 0.820. The maximum Gasteiger partial charge on any atom is 0.119 e. The Bertz CT molecular complexity index is 195. The highest BCUT2D eigenvalue weighted by Crippen LogP contribution is 2.07. The van der Waals surface area contributed by atoms with E-state index in [4.69, 9.17) is 9.84 Å². The lowest BCUT2D eigenvalue weighted by atomic mass is 10.4. The van der Waals surface area contributed by atoms with E-state index in [-0.39, 0.29) is 0 Å². The normalized spacial score (nSPS) is 15.2. The molecule has 0 aromatic rings. The minimum Gasteiger partial charge on any atom is -0.494 e. The van der Waals surface area contributed by atoms with Crippen LogP contribution < -0.4 is 0 Å². The summed E-state index contributed by atoms with van der Waals surface area (Å²) in [5.74, 6) is 3.13. The van der Waals surface area contributed by atoms with Gasteiger partial charge in [0, 0.05) is 13.3 Å². The summed E-state index contributed by atoms with van der Waals surface area (Å²) in [6, 6.07) is 0. The highest BCUT2D eigenvalue weighted by molar-refractivity contribution is 7.39. The van der Waals surface area contributed by atoms with Crippen molar-refractivity contribution in [2.45, 2.75) is 13.3 Å². The molecule has 0 aliphatic carbocycles. The first-order valence-corrected chi connectivity index (χ1v) is 5.52. The van der Waals surface area contributed by atoms with Crippen LogP contribution in [0.5, 0.6) is 0 Å². The molecule has 74 valence electrons. The van der Waals surface area contributed by atoms with Gasteiger partial charge in [-0.05, 0) is 24.4 Å². The topological polar surface area (TPSA) is 29.5 Å². The Morgan fingerprint density at radius 2 is 2.31 bits per heavy atom. The van der Waals surface area contributed by atoms with E-state index in [0.29, 0.717) is 0 Å². The number of aliphatic hydroxyl groups excluding tert-OH is 1.